The monoisotopic (exact) mass is 692 g/mol. The molecule has 3 heterocycles. The van der Waals surface area contributed by atoms with Gasteiger partial charge in [0.1, 0.15) is 11.8 Å². The van der Waals surface area contributed by atoms with Gasteiger partial charge in [-0.25, -0.2) is 14.4 Å². The van der Waals surface area contributed by atoms with Gasteiger partial charge in [-0.2, -0.15) is 0 Å². The van der Waals surface area contributed by atoms with Crippen molar-refractivity contribution in [1.82, 2.24) is 19.6 Å². The molecule has 11 heteroatoms. The van der Waals surface area contributed by atoms with Crippen molar-refractivity contribution in [3.8, 4) is 0 Å². The van der Waals surface area contributed by atoms with Crippen LogP contribution in [0.25, 0.3) is 0 Å². The molecular formula is C37H42Cl2N4O5. The summed E-state index contributed by atoms with van der Waals surface area (Å²) in [5.41, 5.74) is 2.45. The molecule has 2 aromatic carbocycles. The number of likely N-dealkylation sites (tertiary alicyclic amines) is 1. The molecule has 9 nitrogen and oxygen atoms in total. The number of esters is 2. The molecule has 6 rings (SSSR count). The normalized spacial score (nSPS) is 25.1. The molecule has 0 N–H and O–H groups in total. The highest BCUT2D eigenvalue weighted by Crippen LogP contribution is 2.48. The molecule has 2 bridgehead atoms. The lowest BCUT2D eigenvalue weighted by molar-refractivity contribution is -0.137. The third-order valence-corrected chi connectivity index (χ3v) is 11.1. The standard InChI is InChI=1S/C37H42Cl2N4O5/c1-24-30(36(45)47-2)32(31-28(38)13-8-14-29(31)39)33(37(46)48-3)35(43(24)19-20-44)42-17-15-41(16-18-42)34-26-11-7-12-27(34)23-40(22-26)21-25-9-5-4-6-10-25/h4-6,8-10,13-14,19,26-27,32,34H,7,11-12,15-18,21-23H2,1-3H3. The van der Waals surface area contributed by atoms with Crippen molar-refractivity contribution in [3.63, 3.8) is 0 Å². The van der Waals surface area contributed by atoms with Crippen molar-refractivity contribution in [2.75, 3.05) is 53.5 Å². The Kier molecular flexibility index (Phi) is 10.6. The Balaban J connectivity index is 1.32. The number of carbonyl (C=O) groups is 2. The van der Waals surface area contributed by atoms with E-state index in [4.69, 9.17) is 32.7 Å². The number of allylic oxidation sites excluding steroid dienone is 1. The molecule has 1 saturated carbocycles. The predicted octanol–water partition coefficient (Wildman–Crippen LogP) is 5.49. The number of rotatable bonds is 8. The predicted molar refractivity (Wildman–Crippen MR) is 185 cm³/mol. The number of carbonyl (C=O) groups excluding carboxylic acids is 3. The zero-order valence-corrected chi connectivity index (χ0v) is 29.2. The van der Waals surface area contributed by atoms with Crippen LogP contribution in [0, 0.1) is 11.8 Å². The minimum absolute atomic E-state index is 0.136. The average molecular weight is 694 g/mol. The van der Waals surface area contributed by atoms with Crippen molar-refractivity contribution in [1.29, 1.82) is 0 Å². The van der Waals surface area contributed by atoms with Gasteiger partial charge in [-0.15, -0.1) is 0 Å². The molecule has 3 aliphatic heterocycles. The lowest BCUT2D eigenvalue weighted by Crippen LogP contribution is -2.62. The first-order valence-electron chi connectivity index (χ1n) is 16.6. The number of piperazine rings is 1. The Morgan fingerprint density at radius 2 is 1.48 bits per heavy atom. The highest BCUT2D eigenvalue weighted by atomic mass is 35.5. The molecule has 0 spiro atoms. The van der Waals surface area contributed by atoms with E-state index in [1.54, 1.807) is 30.0 Å². The molecule has 0 radical (unpaired) electrons. The largest absolute Gasteiger partial charge is 0.466 e. The summed E-state index contributed by atoms with van der Waals surface area (Å²) in [6.45, 7) is 7.66. The van der Waals surface area contributed by atoms with Gasteiger partial charge >= 0.3 is 11.9 Å². The Labute approximate surface area is 292 Å². The number of nitrogens with zero attached hydrogens (tertiary/aromatic N) is 4. The molecule has 1 aliphatic carbocycles. The molecule has 2 saturated heterocycles. The van der Waals surface area contributed by atoms with E-state index in [9.17, 15) is 14.4 Å². The first kappa shape index (κ1) is 34.3. The van der Waals surface area contributed by atoms with Crippen molar-refractivity contribution in [2.45, 2.75) is 44.7 Å². The van der Waals surface area contributed by atoms with Crippen LogP contribution in [0.15, 0.2) is 77.4 Å². The molecule has 3 atom stereocenters. The summed E-state index contributed by atoms with van der Waals surface area (Å²) in [4.78, 5) is 48.1. The third kappa shape index (κ3) is 6.55. The summed E-state index contributed by atoms with van der Waals surface area (Å²) in [6, 6.07) is 16.3. The second-order valence-corrected chi connectivity index (χ2v) is 13.9. The Bertz CT molecular complexity index is 1610. The van der Waals surface area contributed by atoms with Gasteiger partial charge < -0.3 is 14.4 Å². The highest BCUT2D eigenvalue weighted by Gasteiger charge is 2.47. The maximum Gasteiger partial charge on any atom is 0.338 e. The Morgan fingerprint density at radius 3 is 2.06 bits per heavy atom. The van der Waals surface area contributed by atoms with E-state index >= 15 is 0 Å². The van der Waals surface area contributed by atoms with Crippen molar-refractivity contribution in [2.24, 2.45) is 11.8 Å². The van der Waals surface area contributed by atoms with Gasteiger partial charge in [-0.1, -0.05) is 66.0 Å². The molecule has 254 valence electrons. The van der Waals surface area contributed by atoms with Crippen LogP contribution in [0.3, 0.4) is 0 Å². The number of piperidine rings is 1. The summed E-state index contributed by atoms with van der Waals surface area (Å²) < 4.78 is 10.5. The van der Waals surface area contributed by atoms with Crippen LogP contribution in [0.1, 0.15) is 43.2 Å². The smallest absolute Gasteiger partial charge is 0.338 e. The molecular weight excluding hydrogens is 651 g/mol. The number of fused-ring (bicyclic) bond motifs is 2. The molecule has 3 fully saturated rings. The molecule has 2 aromatic rings. The van der Waals surface area contributed by atoms with Gasteiger partial charge in [-0.05, 0) is 49.3 Å². The van der Waals surface area contributed by atoms with Gasteiger partial charge in [0.25, 0.3) is 0 Å². The van der Waals surface area contributed by atoms with Gasteiger partial charge in [0.2, 0.25) is 0 Å². The number of hydrogen-bond acceptors (Lipinski definition) is 9. The van der Waals surface area contributed by atoms with Crippen LogP contribution >= 0.6 is 23.2 Å². The summed E-state index contributed by atoms with van der Waals surface area (Å²) in [5, 5.41) is 0.577. The van der Waals surface area contributed by atoms with E-state index in [1.807, 2.05) is 5.94 Å². The summed E-state index contributed by atoms with van der Waals surface area (Å²) >= 11 is 13.5. The van der Waals surface area contributed by atoms with E-state index in [2.05, 4.69) is 45.0 Å². The molecule has 0 aromatic heterocycles. The van der Waals surface area contributed by atoms with Crippen LogP contribution < -0.4 is 0 Å². The third-order valence-electron chi connectivity index (χ3n) is 10.5. The first-order chi connectivity index (χ1) is 23.3. The van der Waals surface area contributed by atoms with Crippen molar-refractivity contribution < 1.29 is 23.9 Å². The maximum absolute atomic E-state index is 13.8. The fourth-order valence-corrected chi connectivity index (χ4v) is 9.12. The molecule has 4 aliphatic rings. The fraction of sp³-hybridized carbons (Fsp3) is 0.459. The van der Waals surface area contributed by atoms with Gasteiger partial charge in [0.05, 0.1) is 37.5 Å². The van der Waals surface area contributed by atoms with Crippen LogP contribution in [0.2, 0.25) is 10.0 Å². The summed E-state index contributed by atoms with van der Waals surface area (Å²) in [5.74, 6) is 1.18. The van der Waals surface area contributed by atoms with Gasteiger partial charge in [0.15, 0.2) is 0 Å². The van der Waals surface area contributed by atoms with E-state index in [0.717, 1.165) is 32.7 Å². The summed E-state index contributed by atoms with van der Waals surface area (Å²) in [7, 11) is 2.56. The van der Waals surface area contributed by atoms with E-state index < -0.39 is 17.9 Å². The van der Waals surface area contributed by atoms with Crippen LogP contribution in [0.5, 0.6) is 0 Å². The topological polar surface area (TPSA) is 82.6 Å². The van der Waals surface area contributed by atoms with Crippen LogP contribution in [0.4, 0.5) is 0 Å². The van der Waals surface area contributed by atoms with Crippen LogP contribution in [-0.2, 0) is 30.4 Å². The van der Waals surface area contributed by atoms with Gasteiger partial charge in [-0.3, -0.25) is 14.7 Å². The minimum Gasteiger partial charge on any atom is -0.466 e. The van der Waals surface area contributed by atoms with E-state index in [-0.39, 0.29) is 21.2 Å². The second-order valence-electron chi connectivity index (χ2n) is 13.0. The molecule has 3 unspecified atom stereocenters. The number of benzene rings is 2. The van der Waals surface area contributed by atoms with Gasteiger partial charge in [0, 0.05) is 73.2 Å². The average Bonchev–Trinajstić information content (AvgIpc) is 3.09. The van der Waals surface area contributed by atoms with Crippen molar-refractivity contribution >= 4 is 41.1 Å². The van der Waals surface area contributed by atoms with Crippen molar-refractivity contribution in [3.05, 3.63) is 98.6 Å². The molecule has 48 heavy (non-hydrogen) atoms. The number of halogens is 2. The minimum atomic E-state index is -0.997. The zero-order valence-electron chi connectivity index (χ0n) is 27.7. The summed E-state index contributed by atoms with van der Waals surface area (Å²) in [6.07, 6.45) is 4.93. The zero-order chi connectivity index (χ0) is 33.9. The lowest BCUT2D eigenvalue weighted by atomic mass is 9.72. The Morgan fingerprint density at radius 1 is 0.875 bits per heavy atom. The number of methoxy groups -OCH3 is 2. The lowest BCUT2D eigenvalue weighted by Gasteiger charge is -2.54. The molecule has 0 amide bonds. The van der Waals surface area contributed by atoms with Crippen LogP contribution in [-0.4, -0.2) is 97.0 Å². The maximum atomic E-state index is 13.8. The number of hydrogen-bond donors (Lipinski definition) is 0. The first-order valence-corrected chi connectivity index (χ1v) is 17.3. The van der Waals surface area contributed by atoms with E-state index in [1.165, 1.54) is 45.2 Å². The quantitative estimate of drug-likeness (QED) is 0.264. The Hall–Kier alpha value is -3.59. The fourth-order valence-electron chi connectivity index (χ4n) is 8.51. The van der Waals surface area contributed by atoms with E-state index in [0.29, 0.717) is 48.0 Å². The SMILES string of the molecule is COC(=O)C1=C(C)N(C=C=O)C(N2CCN(C3C4CCCC3CN(Cc3ccccc3)C4)CC2)=C(C(=O)OC)C1c1c(Cl)cccc1Cl. The number of ether oxygens (including phenoxy) is 2. The second kappa shape index (κ2) is 14.9. The highest BCUT2D eigenvalue weighted by molar-refractivity contribution is 6.36.